The van der Waals surface area contributed by atoms with Crippen LogP contribution >= 0.6 is 0 Å². The number of nitrogens with zero attached hydrogens (tertiary/aromatic N) is 1. The largest absolute Gasteiger partial charge is 0.323 e. The fourth-order valence-electron chi connectivity index (χ4n) is 3.98. The summed E-state index contributed by atoms with van der Waals surface area (Å²) >= 11 is 0. The fraction of sp³-hybridized carbons (Fsp3) is 0.929. The Morgan fingerprint density at radius 3 is 2.53 bits per heavy atom. The van der Waals surface area contributed by atoms with Crippen molar-refractivity contribution in [2.45, 2.75) is 76.5 Å². The third-order valence-corrected chi connectivity index (χ3v) is 5.01. The lowest BCUT2D eigenvalue weighted by molar-refractivity contribution is -0.137. The lowest BCUT2D eigenvalue weighted by atomic mass is 9.80. The molecular weight excluding hydrogens is 212 g/mol. The molecule has 1 saturated heterocycles. The summed E-state index contributed by atoms with van der Waals surface area (Å²) < 4.78 is 0. The molecule has 0 radical (unpaired) electrons. The topological polar surface area (TPSA) is 32.3 Å². The van der Waals surface area contributed by atoms with Crippen molar-refractivity contribution in [1.82, 2.24) is 10.2 Å². The smallest absolute Gasteiger partial charge is 0.244 e. The Labute approximate surface area is 104 Å². The van der Waals surface area contributed by atoms with Crippen LogP contribution in [-0.2, 0) is 4.79 Å². The fourth-order valence-corrected chi connectivity index (χ4v) is 3.98. The van der Waals surface area contributed by atoms with Crippen molar-refractivity contribution in [3.05, 3.63) is 0 Å². The van der Waals surface area contributed by atoms with E-state index in [2.05, 4.69) is 24.1 Å². The van der Waals surface area contributed by atoms with Gasteiger partial charge in [0.05, 0.1) is 11.7 Å². The average molecular weight is 236 g/mol. The van der Waals surface area contributed by atoms with E-state index >= 15 is 0 Å². The van der Waals surface area contributed by atoms with E-state index in [4.69, 9.17) is 0 Å². The van der Waals surface area contributed by atoms with Crippen LogP contribution in [0.4, 0.5) is 0 Å². The van der Waals surface area contributed by atoms with Crippen LogP contribution in [0.2, 0.25) is 0 Å². The molecule has 96 valence electrons. The minimum Gasteiger partial charge on any atom is -0.323 e. The number of amides is 1. The van der Waals surface area contributed by atoms with Crippen LogP contribution in [0.25, 0.3) is 0 Å². The van der Waals surface area contributed by atoms with Crippen molar-refractivity contribution < 1.29 is 4.79 Å². The van der Waals surface area contributed by atoms with E-state index in [1.165, 1.54) is 25.7 Å². The molecule has 3 nitrogen and oxygen atoms in total. The molecule has 0 aromatic heterocycles. The van der Waals surface area contributed by atoms with Gasteiger partial charge in [-0.2, -0.15) is 0 Å². The number of nitrogens with one attached hydrogen (secondary N) is 1. The van der Waals surface area contributed by atoms with Crippen LogP contribution in [0, 0.1) is 5.92 Å². The number of rotatable bonds is 2. The highest BCUT2D eigenvalue weighted by Gasteiger charge is 2.54. The van der Waals surface area contributed by atoms with Gasteiger partial charge in [0.2, 0.25) is 5.91 Å². The lowest BCUT2D eigenvalue weighted by Gasteiger charge is -2.42. The van der Waals surface area contributed by atoms with Crippen LogP contribution in [0.3, 0.4) is 0 Å². The zero-order valence-corrected chi connectivity index (χ0v) is 11.0. The van der Waals surface area contributed by atoms with E-state index in [0.717, 1.165) is 25.2 Å². The Hall–Kier alpha value is -0.570. The molecule has 0 aromatic carbocycles. The van der Waals surface area contributed by atoms with E-state index in [0.29, 0.717) is 18.1 Å². The molecule has 0 bridgehead atoms. The molecule has 17 heavy (non-hydrogen) atoms. The van der Waals surface area contributed by atoms with E-state index < -0.39 is 0 Å². The molecular formula is C14H24N2O. The van der Waals surface area contributed by atoms with Gasteiger partial charge >= 0.3 is 0 Å². The minimum atomic E-state index is -0.167. The van der Waals surface area contributed by atoms with Crippen LogP contribution in [0.5, 0.6) is 0 Å². The molecule has 3 rings (SSSR count). The normalized spacial score (nSPS) is 40.0. The van der Waals surface area contributed by atoms with Crippen molar-refractivity contribution >= 4 is 5.91 Å². The molecule has 2 saturated carbocycles. The number of hydrogen-bond donors (Lipinski definition) is 1. The summed E-state index contributed by atoms with van der Waals surface area (Å²) in [5.41, 5.74) is -0.167. The van der Waals surface area contributed by atoms with Crippen molar-refractivity contribution in [3.63, 3.8) is 0 Å². The maximum absolute atomic E-state index is 12.7. The maximum Gasteiger partial charge on any atom is 0.244 e. The van der Waals surface area contributed by atoms with Crippen LogP contribution in [0.1, 0.15) is 58.8 Å². The Bertz CT molecular complexity index is 316. The van der Waals surface area contributed by atoms with E-state index in [1.54, 1.807) is 0 Å². The summed E-state index contributed by atoms with van der Waals surface area (Å²) in [5.74, 6) is 1.23. The predicted octanol–water partition coefficient (Wildman–Crippen LogP) is 2.27. The summed E-state index contributed by atoms with van der Waals surface area (Å²) in [4.78, 5) is 14.9. The molecule has 1 atom stereocenters. The second-order valence-electron chi connectivity index (χ2n) is 6.30. The molecule has 1 unspecified atom stereocenters. The first kappa shape index (κ1) is 11.5. The van der Waals surface area contributed by atoms with Gasteiger partial charge in [-0.1, -0.05) is 26.7 Å². The molecule has 2 aliphatic carbocycles. The van der Waals surface area contributed by atoms with Crippen molar-refractivity contribution in [1.29, 1.82) is 0 Å². The maximum atomic E-state index is 12.7. The second kappa shape index (κ2) is 3.98. The highest BCUT2D eigenvalue weighted by Crippen LogP contribution is 2.42. The minimum absolute atomic E-state index is 0.167. The summed E-state index contributed by atoms with van der Waals surface area (Å²) in [5, 5.41) is 3.66. The number of carbonyl (C=O) groups is 1. The summed E-state index contributed by atoms with van der Waals surface area (Å²) in [6, 6.07) is 0.523. The summed E-state index contributed by atoms with van der Waals surface area (Å²) in [7, 11) is 0. The van der Waals surface area contributed by atoms with Crippen LogP contribution < -0.4 is 5.32 Å². The third-order valence-electron chi connectivity index (χ3n) is 5.01. The van der Waals surface area contributed by atoms with Crippen molar-refractivity contribution in [2.24, 2.45) is 5.92 Å². The van der Waals surface area contributed by atoms with Gasteiger partial charge in [-0.3, -0.25) is 10.1 Å². The SMILES string of the molecule is CCC1NC2(CCCC2)C(=O)N1C1CC(C)C1. The summed E-state index contributed by atoms with van der Waals surface area (Å²) in [6.45, 7) is 4.48. The van der Waals surface area contributed by atoms with Gasteiger partial charge in [0, 0.05) is 6.04 Å². The van der Waals surface area contributed by atoms with Crippen molar-refractivity contribution in [2.75, 3.05) is 0 Å². The Morgan fingerprint density at radius 1 is 1.35 bits per heavy atom. The standard InChI is InChI=1S/C14H24N2O/c1-3-12-15-14(6-4-5-7-14)13(17)16(12)11-8-10(2)9-11/h10-12,15H,3-9H2,1-2H3. The molecule has 1 N–H and O–H groups in total. The van der Waals surface area contributed by atoms with Gasteiger partial charge in [-0.05, 0) is 38.0 Å². The zero-order valence-electron chi connectivity index (χ0n) is 11.0. The molecule has 3 aliphatic rings. The number of carbonyl (C=O) groups excluding carboxylic acids is 1. The summed E-state index contributed by atoms with van der Waals surface area (Å²) in [6.07, 6.45) is 8.30. The molecule has 1 aliphatic heterocycles. The van der Waals surface area contributed by atoms with E-state index in [9.17, 15) is 4.79 Å². The van der Waals surface area contributed by atoms with Gasteiger partial charge < -0.3 is 4.90 Å². The highest BCUT2D eigenvalue weighted by molar-refractivity contribution is 5.89. The van der Waals surface area contributed by atoms with Crippen molar-refractivity contribution in [3.8, 4) is 0 Å². The van der Waals surface area contributed by atoms with Gasteiger partial charge in [0.15, 0.2) is 0 Å². The van der Waals surface area contributed by atoms with E-state index in [-0.39, 0.29) is 5.54 Å². The van der Waals surface area contributed by atoms with Crippen LogP contribution in [0.15, 0.2) is 0 Å². The average Bonchev–Trinajstić information content (AvgIpc) is 2.84. The first-order chi connectivity index (χ1) is 8.16. The molecule has 1 spiro atoms. The quantitative estimate of drug-likeness (QED) is 0.797. The lowest BCUT2D eigenvalue weighted by Crippen LogP contribution is -2.50. The Balaban J connectivity index is 1.79. The van der Waals surface area contributed by atoms with Gasteiger partial charge in [0.1, 0.15) is 0 Å². The molecule has 1 heterocycles. The first-order valence-corrected chi connectivity index (χ1v) is 7.27. The molecule has 0 aromatic rings. The highest BCUT2D eigenvalue weighted by atomic mass is 16.2. The van der Waals surface area contributed by atoms with E-state index in [1.807, 2.05) is 0 Å². The Kier molecular flexibility index (Phi) is 2.69. The second-order valence-corrected chi connectivity index (χ2v) is 6.30. The zero-order chi connectivity index (χ0) is 12.0. The third kappa shape index (κ3) is 1.62. The van der Waals surface area contributed by atoms with Gasteiger partial charge in [-0.15, -0.1) is 0 Å². The first-order valence-electron chi connectivity index (χ1n) is 7.27. The molecule has 3 fully saturated rings. The molecule has 3 heteroatoms. The Morgan fingerprint density at radius 2 is 2.00 bits per heavy atom. The van der Waals surface area contributed by atoms with Gasteiger partial charge in [-0.25, -0.2) is 0 Å². The predicted molar refractivity (Wildman–Crippen MR) is 67.4 cm³/mol. The monoisotopic (exact) mass is 236 g/mol. The number of hydrogen-bond acceptors (Lipinski definition) is 2. The van der Waals surface area contributed by atoms with Gasteiger partial charge in [0.25, 0.3) is 0 Å². The molecule has 1 amide bonds. The van der Waals surface area contributed by atoms with Crippen LogP contribution in [-0.4, -0.2) is 28.6 Å².